The second-order valence-corrected chi connectivity index (χ2v) is 15.3. The highest BCUT2D eigenvalue weighted by Gasteiger charge is 2.33. The Kier molecular flexibility index (Phi) is 14.4. The summed E-state index contributed by atoms with van der Waals surface area (Å²) in [7, 11) is -4.16. The lowest BCUT2D eigenvalue weighted by Gasteiger charge is -2.26. The molecule has 0 aliphatic heterocycles. The van der Waals surface area contributed by atoms with Gasteiger partial charge in [-0.2, -0.15) is 14.6 Å². The predicted octanol–water partition coefficient (Wildman–Crippen LogP) is 6.25. The molecule has 0 radical (unpaired) electrons. The van der Waals surface area contributed by atoms with Crippen LogP contribution in [-0.4, -0.2) is 68.7 Å². The van der Waals surface area contributed by atoms with E-state index in [4.69, 9.17) is 24.3 Å². The highest BCUT2D eigenvalue weighted by Crippen LogP contribution is 2.45. The Balaban J connectivity index is 1.29. The fraction of sp³-hybridized carbons (Fsp3) is 0.389. The van der Waals surface area contributed by atoms with Gasteiger partial charge in [0.2, 0.25) is 5.95 Å². The molecule has 1 fully saturated rings. The summed E-state index contributed by atoms with van der Waals surface area (Å²) in [4.78, 5) is 38.5. The number of aliphatic imine (C=N–C) groups is 1. The summed E-state index contributed by atoms with van der Waals surface area (Å²) >= 11 is 1.14. The Bertz CT molecular complexity index is 2040. The van der Waals surface area contributed by atoms with Gasteiger partial charge >= 0.3 is 13.7 Å². The van der Waals surface area contributed by atoms with Gasteiger partial charge in [-0.1, -0.05) is 18.2 Å². The van der Waals surface area contributed by atoms with Crippen molar-refractivity contribution in [3.05, 3.63) is 89.1 Å². The third-order valence-electron chi connectivity index (χ3n) is 8.07. The summed E-state index contributed by atoms with van der Waals surface area (Å²) in [5.74, 6) is -2.92. The molecule has 4 N–H and O–H groups in total. The van der Waals surface area contributed by atoms with E-state index in [1.54, 1.807) is 50.4 Å². The number of carbonyl (C=O) groups excluding carboxylic acids is 2. The van der Waals surface area contributed by atoms with Crippen molar-refractivity contribution in [1.82, 2.24) is 30.2 Å². The van der Waals surface area contributed by atoms with E-state index in [1.807, 2.05) is 6.92 Å². The molecular formula is C36H43F2N8O7PS. The Hall–Kier alpha value is -4.87. The van der Waals surface area contributed by atoms with Gasteiger partial charge in [0.25, 0.3) is 5.91 Å². The Labute approximate surface area is 320 Å². The maximum absolute atomic E-state index is 14.7. The van der Waals surface area contributed by atoms with Crippen LogP contribution in [0.4, 0.5) is 8.78 Å². The number of benzene rings is 1. The van der Waals surface area contributed by atoms with Crippen LogP contribution in [-0.2, 0) is 30.1 Å². The first-order valence-electron chi connectivity index (χ1n) is 17.6. The Morgan fingerprint density at radius 1 is 1.11 bits per heavy atom. The van der Waals surface area contributed by atoms with E-state index in [0.29, 0.717) is 17.2 Å². The van der Waals surface area contributed by atoms with E-state index in [1.165, 1.54) is 29.4 Å². The number of nitrogens with two attached hydrogens (primary N) is 1. The van der Waals surface area contributed by atoms with Crippen molar-refractivity contribution < 1.29 is 41.5 Å². The maximum atomic E-state index is 14.7. The molecule has 2 atom stereocenters. The molecule has 4 aromatic rings. The Morgan fingerprint density at radius 2 is 1.85 bits per heavy atom. The van der Waals surface area contributed by atoms with Crippen molar-refractivity contribution in [2.75, 3.05) is 6.61 Å². The van der Waals surface area contributed by atoms with Crippen molar-refractivity contribution in [3.63, 3.8) is 0 Å². The molecule has 1 unspecified atom stereocenters. The average Bonchev–Trinajstić information content (AvgIpc) is 3.85. The fourth-order valence-electron chi connectivity index (χ4n) is 5.39. The molecule has 1 aromatic carbocycles. The lowest BCUT2D eigenvalue weighted by Crippen LogP contribution is -2.36. The van der Waals surface area contributed by atoms with Crippen molar-refractivity contribution in [3.8, 4) is 16.3 Å². The molecule has 3 heterocycles. The number of hydrogen-bond acceptors (Lipinski definition) is 13. The van der Waals surface area contributed by atoms with Gasteiger partial charge in [0.15, 0.2) is 12.5 Å². The summed E-state index contributed by atoms with van der Waals surface area (Å²) in [5.41, 5.74) is 5.89. The minimum Gasteiger partial charge on any atom is -0.462 e. The van der Waals surface area contributed by atoms with Gasteiger partial charge in [0.1, 0.15) is 28.2 Å². The molecule has 294 valence electrons. The van der Waals surface area contributed by atoms with Crippen LogP contribution in [0.2, 0.25) is 0 Å². The number of thiazole rings is 1. The smallest absolute Gasteiger partial charge is 0.461 e. The largest absolute Gasteiger partial charge is 0.462 e. The molecule has 1 amide bonds. The lowest BCUT2D eigenvalue weighted by atomic mass is 9.93. The summed E-state index contributed by atoms with van der Waals surface area (Å²) in [6.45, 7) is 7.08. The monoisotopic (exact) mass is 800 g/mol. The first-order valence-corrected chi connectivity index (χ1v) is 20.0. The molecule has 55 heavy (non-hydrogen) atoms. The number of rotatable bonds is 17. The zero-order valence-electron chi connectivity index (χ0n) is 30.7. The van der Waals surface area contributed by atoms with Gasteiger partial charge in [0, 0.05) is 30.0 Å². The van der Waals surface area contributed by atoms with Crippen LogP contribution in [0.3, 0.4) is 0 Å². The summed E-state index contributed by atoms with van der Waals surface area (Å²) in [6, 6.07) is 8.94. The molecule has 1 saturated carbocycles. The minimum atomic E-state index is -4.16. The number of allylic oxidation sites excluding steroid dienone is 1. The van der Waals surface area contributed by atoms with Crippen molar-refractivity contribution in [2.45, 2.75) is 84.4 Å². The van der Waals surface area contributed by atoms with E-state index >= 15 is 0 Å². The highest BCUT2D eigenvalue weighted by atomic mass is 32.1. The molecule has 3 aromatic heterocycles. The summed E-state index contributed by atoms with van der Waals surface area (Å²) in [6.07, 6.45) is 7.23. The van der Waals surface area contributed by atoms with Gasteiger partial charge in [0.05, 0.1) is 35.8 Å². The van der Waals surface area contributed by atoms with Crippen LogP contribution < -0.4 is 20.7 Å². The van der Waals surface area contributed by atoms with E-state index in [9.17, 15) is 22.9 Å². The number of carbonyl (C=O) groups is 2. The van der Waals surface area contributed by atoms with Crippen molar-refractivity contribution >= 4 is 42.9 Å². The quantitative estimate of drug-likeness (QED) is 0.0471. The SMILES string of the molecule is CCOC1CCC(N=CC(NC(=O)c2csc(-c3cnn(COP(=O)(N[C@H](C)C(=O)OC(C)C)Oc4ccccc4)c3)n2)=C(N)c2nc(F)ccc2F)CC1. The molecule has 15 nitrogen and oxygen atoms in total. The van der Waals surface area contributed by atoms with Crippen molar-refractivity contribution in [1.29, 1.82) is 0 Å². The third kappa shape index (κ3) is 11.8. The van der Waals surface area contributed by atoms with E-state index in [-0.39, 0.29) is 47.8 Å². The number of aromatic nitrogens is 4. The standard InChI is InChI=1S/C36H43F2N8O7PS/c1-5-50-26-13-11-25(12-14-26)40-18-29(32(39)33-28(37)15-16-31(38)44-33)42-34(47)30-20-55-35(43-30)24-17-41-46(19-24)21-51-54(49,53-27-9-7-6-8-10-27)45-23(4)36(48)52-22(2)3/h6-10,15-20,22-23,25-26H,5,11-14,21,39H2,1-4H3,(H,42,47)(H,45,49)/t23-,25?,26?,54?/m1/s1. The zero-order chi connectivity index (χ0) is 39.5. The summed E-state index contributed by atoms with van der Waals surface area (Å²) in [5, 5.41) is 11.4. The second-order valence-electron chi connectivity index (χ2n) is 12.7. The first-order chi connectivity index (χ1) is 26.3. The molecule has 19 heteroatoms. The molecule has 0 spiro atoms. The molecule has 0 bridgehead atoms. The van der Waals surface area contributed by atoms with Crippen LogP contribution in [0.1, 0.15) is 69.6 Å². The summed E-state index contributed by atoms with van der Waals surface area (Å²) < 4.78 is 66.1. The predicted molar refractivity (Wildman–Crippen MR) is 202 cm³/mol. The van der Waals surface area contributed by atoms with Crippen LogP contribution >= 0.6 is 19.1 Å². The van der Waals surface area contributed by atoms with Crippen molar-refractivity contribution in [2.24, 2.45) is 10.7 Å². The zero-order valence-corrected chi connectivity index (χ0v) is 32.4. The highest BCUT2D eigenvalue weighted by molar-refractivity contribution is 7.52. The second kappa shape index (κ2) is 19.1. The number of nitrogens with zero attached hydrogens (tertiary/aromatic N) is 5. The maximum Gasteiger partial charge on any atom is 0.461 e. The van der Waals surface area contributed by atoms with E-state index in [0.717, 1.165) is 49.2 Å². The minimum absolute atomic E-state index is 0.000158. The van der Waals surface area contributed by atoms with Crippen LogP contribution in [0.5, 0.6) is 5.75 Å². The fourth-order valence-corrected chi connectivity index (χ4v) is 7.60. The number of para-hydroxylation sites is 1. The third-order valence-corrected chi connectivity index (χ3v) is 10.6. The average molecular weight is 801 g/mol. The van der Waals surface area contributed by atoms with Crippen LogP contribution in [0.25, 0.3) is 16.3 Å². The number of halogens is 2. The van der Waals surface area contributed by atoms with Gasteiger partial charge in [-0.05, 0) is 77.6 Å². The van der Waals surface area contributed by atoms with Crippen LogP contribution in [0.15, 0.2) is 70.9 Å². The van der Waals surface area contributed by atoms with Gasteiger partial charge in [-0.15, -0.1) is 11.3 Å². The van der Waals surface area contributed by atoms with Gasteiger partial charge in [-0.25, -0.2) is 23.6 Å². The number of nitrogens with one attached hydrogen (secondary N) is 2. The molecule has 0 saturated heterocycles. The molecular weight excluding hydrogens is 757 g/mol. The topological polar surface area (TPSA) is 194 Å². The molecule has 1 aliphatic carbocycles. The normalized spacial score (nSPS) is 18.1. The van der Waals surface area contributed by atoms with Gasteiger partial charge < -0.3 is 25.0 Å². The number of hydrogen-bond donors (Lipinski definition) is 3. The van der Waals surface area contributed by atoms with Gasteiger partial charge in [-0.3, -0.25) is 19.1 Å². The number of esters is 1. The number of amides is 1. The number of pyridine rings is 1. The van der Waals surface area contributed by atoms with E-state index in [2.05, 4.69) is 30.5 Å². The van der Waals surface area contributed by atoms with Crippen LogP contribution in [0, 0.1) is 11.8 Å². The first kappa shape index (κ1) is 41.3. The van der Waals surface area contributed by atoms with E-state index < -0.39 is 43.1 Å². The Morgan fingerprint density at radius 3 is 2.56 bits per heavy atom. The lowest BCUT2D eigenvalue weighted by molar-refractivity contribution is -0.149. The number of ether oxygens (including phenoxy) is 2. The molecule has 1 aliphatic rings. The molecule has 5 rings (SSSR count).